The van der Waals surface area contributed by atoms with E-state index in [0.29, 0.717) is 0 Å². The molecule has 230 valence electrons. The Morgan fingerprint density at radius 3 is 1.23 bits per heavy atom. The third-order valence-corrected chi connectivity index (χ3v) is 4.82. The number of nitriles is 1. The van der Waals surface area contributed by atoms with Gasteiger partial charge in [0.05, 0.1) is 0 Å². The van der Waals surface area contributed by atoms with Crippen molar-refractivity contribution in [1.82, 2.24) is 0 Å². The molecule has 0 N–H and O–H groups in total. The molecule has 0 amide bonds. The zero-order valence-electron chi connectivity index (χ0n) is 17.9. The fourth-order valence-electron chi connectivity index (χ4n) is 2.43. The van der Waals surface area contributed by atoms with Gasteiger partial charge in [0.15, 0.2) is 23.6 Å². The molecule has 0 aliphatic heterocycles. The Morgan fingerprint density at radius 2 is 0.875 bits per heavy atom. The van der Waals surface area contributed by atoms with Gasteiger partial charge >= 0.3 is 47.6 Å². The van der Waals surface area contributed by atoms with Crippen molar-refractivity contribution in [2.45, 2.75) is 60.7 Å². The third-order valence-electron chi connectivity index (χ3n) is 4.82. The molecule has 0 radical (unpaired) electrons. The molecule has 1 rings (SSSR count). The molecule has 1 aromatic rings. The van der Waals surface area contributed by atoms with Crippen LogP contribution in [0.15, 0.2) is 0 Å². The first kappa shape index (κ1) is 35.1. The minimum atomic E-state index is -8.98. The normalized spacial score (nSPS) is 15.6. The lowest BCUT2D eigenvalue weighted by atomic mass is 9.88. The average Bonchev–Trinajstić information content (AvgIpc) is 2.80. The second kappa shape index (κ2) is 9.56. The van der Waals surface area contributed by atoms with Gasteiger partial charge in [-0.15, -0.1) is 0 Å². The van der Waals surface area contributed by atoms with Crippen molar-refractivity contribution < 1.29 is 96.9 Å². The molecule has 0 bridgehead atoms. The molecule has 1 atom stereocenters. The van der Waals surface area contributed by atoms with E-state index in [1.807, 2.05) is 0 Å². The van der Waals surface area contributed by atoms with Crippen LogP contribution in [-0.2, 0) is 0 Å². The molecular weight excluding hydrogens is 633 g/mol. The van der Waals surface area contributed by atoms with Crippen molar-refractivity contribution >= 4 is 0 Å². The SMILES string of the molecule is CC(F)C(F)(F)C(F)(F)C(F)(F)C(F)(F)C(F)(F)C(F)(F)C(F)(F)C(F)(F)Oc1c(F)c(F)c(F)c(F)c1C#N. The van der Waals surface area contributed by atoms with Crippen LogP contribution in [0, 0.1) is 34.6 Å². The summed E-state index contributed by atoms with van der Waals surface area (Å²) < 4.78 is 286. The van der Waals surface area contributed by atoms with Gasteiger partial charge in [-0.2, -0.15) is 79.9 Å². The van der Waals surface area contributed by atoms with Crippen LogP contribution < -0.4 is 4.74 Å². The summed E-state index contributed by atoms with van der Waals surface area (Å²) in [6.07, 6.45) is -12.4. The van der Waals surface area contributed by atoms with Crippen LogP contribution in [0.4, 0.5) is 92.2 Å². The summed E-state index contributed by atoms with van der Waals surface area (Å²) in [6.45, 7) is -0.767. The number of nitrogens with zero attached hydrogens (tertiary/aromatic N) is 1. The second-order valence-electron chi connectivity index (χ2n) is 7.38. The van der Waals surface area contributed by atoms with Crippen LogP contribution in [-0.4, -0.2) is 53.7 Å². The van der Waals surface area contributed by atoms with Gasteiger partial charge in [-0.1, -0.05) is 0 Å². The number of hydrogen-bond donors (Lipinski definition) is 0. The molecule has 0 aliphatic carbocycles. The summed E-state index contributed by atoms with van der Waals surface area (Å²) in [6, 6.07) is 0.135. The van der Waals surface area contributed by atoms with Crippen molar-refractivity contribution in [3.8, 4) is 11.8 Å². The van der Waals surface area contributed by atoms with E-state index in [0.717, 1.165) is 0 Å². The molecule has 0 fully saturated rings. The number of halogens is 21. The average molecular weight is 637 g/mol. The molecule has 0 saturated carbocycles. The lowest BCUT2D eigenvalue weighted by molar-refractivity contribution is -0.467. The first-order chi connectivity index (χ1) is 17.4. The number of alkyl halides is 17. The third kappa shape index (κ3) is 4.31. The van der Waals surface area contributed by atoms with Crippen molar-refractivity contribution in [3.05, 3.63) is 28.8 Å². The first-order valence-electron chi connectivity index (χ1n) is 9.00. The molecule has 40 heavy (non-hydrogen) atoms. The quantitative estimate of drug-likeness (QED) is 0.149. The standard InChI is InChI=1S/C17H4F21NO/c1-3(18)10(23,24)11(25,26)12(27,28)13(29,30)14(31,32)15(33,34)16(35,36)17(37,38)40-9-4(2-39)5(19)6(20)7(21)8(9)22/h3H,1H3. The Bertz CT molecular complexity index is 1180. The molecule has 2 nitrogen and oxygen atoms in total. The highest BCUT2D eigenvalue weighted by atomic mass is 19.4. The van der Waals surface area contributed by atoms with Crippen LogP contribution in [0.2, 0.25) is 0 Å². The Kier molecular flexibility index (Phi) is 8.38. The molecule has 0 heterocycles. The minimum Gasteiger partial charge on any atom is -0.423 e. The van der Waals surface area contributed by atoms with Crippen LogP contribution in [0.25, 0.3) is 0 Å². The van der Waals surface area contributed by atoms with Gasteiger partial charge in [-0.25, -0.2) is 17.6 Å². The minimum absolute atomic E-state index is 0.135. The Balaban J connectivity index is 3.83. The predicted octanol–water partition coefficient (Wildman–Crippen LogP) is 7.89. The van der Waals surface area contributed by atoms with Crippen LogP contribution in [0.1, 0.15) is 12.5 Å². The highest BCUT2D eigenvalue weighted by molar-refractivity contribution is 5.46. The van der Waals surface area contributed by atoms with E-state index in [4.69, 9.17) is 5.26 Å². The van der Waals surface area contributed by atoms with Gasteiger partial charge in [-0.3, -0.25) is 0 Å². The summed E-state index contributed by atoms with van der Waals surface area (Å²) in [4.78, 5) is 0. The van der Waals surface area contributed by atoms with Crippen LogP contribution in [0.5, 0.6) is 5.75 Å². The summed E-state index contributed by atoms with van der Waals surface area (Å²) in [7, 11) is 0. The van der Waals surface area contributed by atoms with E-state index in [1.165, 1.54) is 0 Å². The van der Waals surface area contributed by atoms with Crippen molar-refractivity contribution in [2.75, 3.05) is 0 Å². The fraction of sp³-hybridized carbons (Fsp3) is 0.588. The molecule has 0 aromatic heterocycles. The maximum atomic E-state index is 13.8. The molecular formula is C17H4F21NO. The highest BCUT2D eigenvalue weighted by Gasteiger charge is 2.95. The smallest absolute Gasteiger partial charge is 0.423 e. The molecule has 0 saturated heterocycles. The largest absolute Gasteiger partial charge is 0.471 e. The molecule has 1 aromatic carbocycles. The zero-order valence-corrected chi connectivity index (χ0v) is 17.9. The number of rotatable bonds is 10. The Labute approximate surface area is 204 Å². The van der Waals surface area contributed by atoms with E-state index in [2.05, 4.69) is 4.74 Å². The van der Waals surface area contributed by atoms with Gasteiger partial charge in [0.1, 0.15) is 11.6 Å². The van der Waals surface area contributed by atoms with Gasteiger partial charge in [-0.05, 0) is 6.92 Å². The molecule has 1 unspecified atom stereocenters. The van der Waals surface area contributed by atoms with Crippen LogP contribution in [0.3, 0.4) is 0 Å². The van der Waals surface area contributed by atoms with Crippen LogP contribution >= 0.6 is 0 Å². The highest BCUT2D eigenvalue weighted by Crippen LogP contribution is 2.64. The van der Waals surface area contributed by atoms with Crippen molar-refractivity contribution in [3.63, 3.8) is 0 Å². The zero-order chi connectivity index (χ0) is 32.5. The summed E-state index contributed by atoms with van der Waals surface area (Å²) >= 11 is 0. The van der Waals surface area contributed by atoms with E-state index >= 15 is 0 Å². The lowest BCUT2D eigenvalue weighted by Crippen LogP contribution is -2.75. The van der Waals surface area contributed by atoms with E-state index in [-0.39, 0.29) is 6.07 Å². The van der Waals surface area contributed by atoms with Gasteiger partial charge in [0.25, 0.3) is 0 Å². The first-order valence-corrected chi connectivity index (χ1v) is 9.00. The molecule has 0 aliphatic rings. The number of hydrogen-bond acceptors (Lipinski definition) is 2. The number of benzene rings is 1. The van der Waals surface area contributed by atoms with Gasteiger partial charge in [0, 0.05) is 0 Å². The van der Waals surface area contributed by atoms with Gasteiger partial charge in [0.2, 0.25) is 11.6 Å². The number of ether oxygens (including phenoxy) is 1. The maximum absolute atomic E-state index is 13.8. The summed E-state index contributed by atoms with van der Waals surface area (Å²) in [5, 5.41) is 8.44. The predicted molar refractivity (Wildman–Crippen MR) is 81.8 cm³/mol. The van der Waals surface area contributed by atoms with E-state index in [9.17, 15) is 92.2 Å². The second-order valence-corrected chi connectivity index (χ2v) is 7.38. The van der Waals surface area contributed by atoms with Crippen molar-refractivity contribution in [2.24, 2.45) is 0 Å². The summed E-state index contributed by atoms with van der Waals surface area (Å²) in [5.41, 5.74) is -2.72. The summed E-state index contributed by atoms with van der Waals surface area (Å²) in [5.74, 6) is -75.4. The van der Waals surface area contributed by atoms with E-state index in [1.54, 1.807) is 0 Å². The monoisotopic (exact) mass is 637 g/mol. The maximum Gasteiger partial charge on any atom is 0.471 e. The fourth-order valence-corrected chi connectivity index (χ4v) is 2.43. The van der Waals surface area contributed by atoms with Crippen molar-refractivity contribution in [1.29, 1.82) is 5.26 Å². The molecule has 0 spiro atoms. The molecule has 23 heteroatoms. The Morgan fingerprint density at radius 1 is 0.550 bits per heavy atom. The van der Waals surface area contributed by atoms with Gasteiger partial charge < -0.3 is 4.74 Å². The topological polar surface area (TPSA) is 33.0 Å². The lowest BCUT2D eigenvalue weighted by Gasteiger charge is -2.43. The van der Waals surface area contributed by atoms with E-state index < -0.39 is 95.2 Å². The Hall–Kier alpha value is -2.96.